The van der Waals surface area contributed by atoms with E-state index in [1.165, 1.54) is 12.4 Å². The highest BCUT2D eigenvalue weighted by Gasteiger charge is 2.26. The fourth-order valence-electron chi connectivity index (χ4n) is 4.35. The molecular weight excluding hydrogens is 482 g/mol. The molecule has 11 nitrogen and oxygen atoms in total. The zero-order valence-electron chi connectivity index (χ0n) is 20.0. The molecule has 0 saturated heterocycles. The highest BCUT2D eigenvalue weighted by atomic mass is 35.5. The number of nitrogens with zero attached hydrogens (tertiary/aromatic N) is 4. The molecule has 0 aliphatic heterocycles. The van der Waals surface area contributed by atoms with E-state index in [4.69, 9.17) is 22.4 Å². The van der Waals surface area contributed by atoms with Crippen LogP contribution in [0.3, 0.4) is 0 Å². The number of anilines is 3. The van der Waals surface area contributed by atoms with Gasteiger partial charge in [-0.3, -0.25) is 9.59 Å². The molecule has 6 N–H and O–H groups in total. The van der Waals surface area contributed by atoms with Crippen LogP contribution in [0, 0.1) is 0 Å². The second-order valence-electron chi connectivity index (χ2n) is 9.55. The van der Waals surface area contributed by atoms with Gasteiger partial charge in [0.2, 0.25) is 5.91 Å². The Labute approximate surface area is 213 Å². The van der Waals surface area contributed by atoms with Gasteiger partial charge >= 0.3 is 0 Å². The second-order valence-corrected chi connectivity index (χ2v) is 9.94. The normalized spacial score (nSPS) is 20.5. The summed E-state index contributed by atoms with van der Waals surface area (Å²) in [5.74, 6) is 0.194. The average molecular weight is 512 g/mol. The van der Waals surface area contributed by atoms with E-state index in [2.05, 4.69) is 31.2 Å². The Morgan fingerprint density at radius 3 is 2.44 bits per heavy atom. The van der Waals surface area contributed by atoms with Gasteiger partial charge in [0.1, 0.15) is 11.0 Å². The van der Waals surface area contributed by atoms with Gasteiger partial charge in [0.25, 0.3) is 5.91 Å². The predicted molar refractivity (Wildman–Crippen MR) is 138 cm³/mol. The molecule has 0 aromatic carbocycles. The van der Waals surface area contributed by atoms with E-state index in [-0.39, 0.29) is 23.9 Å². The van der Waals surface area contributed by atoms with Crippen LogP contribution in [0.2, 0.25) is 5.15 Å². The molecule has 2 fully saturated rings. The van der Waals surface area contributed by atoms with Crippen LogP contribution in [-0.2, 0) is 4.79 Å². The summed E-state index contributed by atoms with van der Waals surface area (Å²) in [6.45, 7) is 1.69. The number of pyridine rings is 1. The third-order valence-electron chi connectivity index (χ3n) is 6.46. The van der Waals surface area contributed by atoms with Gasteiger partial charge < -0.3 is 27.0 Å². The minimum absolute atomic E-state index is 0.116. The van der Waals surface area contributed by atoms with Gasteiger partial charge in [-0.05, 0) is 57.6 Å². The molecule has 0 radical (unpaired) electrons. The molecule has 2 amide bonds. The predicted octanol–water partition coefficient (Wildman–Crippen LogP) is 2.79. The Kier molecular flexibility index (Phi) is 6.92. The molecule has 190 valence electrons. The Hall–Kier alpha value is -3.44. The maximum atomic E-state index is 13.1. The van der Waals surface area contributed by atoms with Gasteiger partial charge in [-0.2, -0.15) is 0 Å². The summed E-state index contributed by atoms with van der Waals surface area (Å²) in [6.07, 6.45) is 8.74. The zero-order valence-corrected chi connectivity index (χ0v) is 20.8. The smallest absolute Gasteiger partial charge is 0.276 e. The van der Waals surface area contributed by atoms with Crippen LogP contribution < -0.4 is 27.0 Å². The van der Waals surface area contributed by atoms with Crippen LogP contribution in [0.15, 0.2) is 30.6 Å². The lowest BCUT2D eigenvalue weighted by Crippen LogP contribution is -2.46. The first-order valence-electron chi connectivity index (χ1n) is 12.3. The fourth-order valence-corrected chi connectivity index (χ4v) is 4.52. The Morgan fingerprint density at radius 1 is 1.06 bits per heavy atom. The first kappa shape index (κ1) is 24.3. The Balaban J connectivity index is 1.33. The number of nitrogens with one attached hydrogen (secondary N) is 4. The largest absolute Gasteiger partial charge is 0.379 e. The molecule has 2 aliphatic rings. The van der Waals surface area contributed by atoms with Crippen LogP contribution in [0.1, 0.15) is 55.9 Å². The third-order valence-corrected chi connectivity index (χ3v) is 6.67. The van der Waals surface area contributed by atoms with Crippen molar-refractivity contribution in [1.29, 1.82) is 0 Å². The second kappa shape index (κ2) is 10.3. The highest BCUT2D eigenvalue weighted by Crippen LogP contribution is 2.30. The van der Waals surface area contributed by atoms with E-state index in [1.807, 2.05) is 6.07 Å². The Bertz CT molecular complexity index is 1270. The molecule has 1 atom stereocenters. The number of rotatable bonds is 8. The first-order chi connectivity index (χ1) is 17.4. The number of amides is 2. The quantitative estimate of drug-likeness (QED) is 0.289. The minimum atomic E-state index is -0.508. The van der Waals surface area contributed by atoms with Gasteiger partial charge in [0.15, 0.2) is 11.3 Å². The number of aromatic nitrogens is 4. The van der Waals surface area contributed by atoms with Gasteiger partial charge in [-0.25, -0.2) is 14.5 Å². The molecule has 12 heteroatoms. The minimum Gasteiger partial charge on any atom is -0.379 e. The molecule has 36 heavy (non-hydrogen) atoms. The molecule has 0 bridgehead atoms. The van der Waals surface area contributed by atoms with Crippen LogP contribution in [0.4, 0.5) is 17.2 Å². The van der Waals surface area contributed by atoms with Gasteiger partial charge in [-0.1, -0.05) is 11.6 Å². The van der Waals surface area contributed by atoms with E-state index in [1.54, 1.807) is 23.6 Å². The van der Waals surface area contributed by atoms with E-state index in [0.717, 1.165) is 44.2 Å². The van der Waals surface area contributed by atoms with E-state index in [9.17, 15) is 9.59 Å². The molecule has 3 aromatic rings. The van der Waals surface area contributed by atoms with Gasteiger partial charge in [0, 0.05) is 36.1 Å². The molecular formula is C24H30ClN9O2. The van der Waals surface area contributed by atoms with Crippen LogP contribution in [0.25, 0.3) is 5.65 Å². The summed E-state index contributed by atoms with van der Waals surface area (Å²) in [5, 5.41) is 17.9. The van der Waals surface area contributed by atoms with E-state index >= 15 is 0 Å². The Morgan fingerprint density at radius 2 is 1.75 bits per heavy atom. The average Bonchev–Trinajstić information content (AvgIpc) is 3.55. The number of imidazole rings is 1. The van der Waals surface area contributed by atoms with Gasteiger partial charge in [0.05, 0.1) is 17.9 Å². The van der Waals surface area contributed by atoms with Crippen molar-refractivity contribution in [1.82, 2.24) is 24.9 Å². The molecule has 5 rings (SSSR count). The molecule has 2 aliphatic carbocycles. The van der Waals surface area contributed by atoms with E-state index in [0.29, 0.717) is 34.0 Å². The summed E-state index contributed by atoms with van der Waals surface area (Å²) < 4.78 is 1.57. The fraction of sp³-hybridized carbons (Fsp3) is 0.458. The maximum absolute atomic E-state index is 13.1. The van der Waals surface area contributed by atoms with Crippen LogP contribution >= 0.6 is 11.6 Å². The van der Waals surface area contributed by atoms with Crippen LogP contribution in [-0.4, -0.2) is 55.6 Å². The zero-order chi connectivity index (χ0) is 25.2. The topological polar surface area (TPSA) is 151 Å². The van der Waals surface area contributed by atoms with E-state index < -0.39 is 6.04 Å². The molecule has 3 heterocycles. The lowest BCUT2D eigenvalue weighted by molar-refractivity contribution is -0.122. The van der Waals surface area contributed by atoms with Crippen molar-refractivity contribution in [2.45, 2.75) is 69.6 Å². The summed E-state index contributed by atoms with van der Waals surface area (Å²) in [7, 11) is 0. The first-order valence-corrected chi connectivity index (χ1v) is 12.6. The highest BCUT2D eigenvalue weighted by molar-refractivity contribution is 6.29. The molecule has 0 spiro atoms. The number of nitrogens with two attached hydrogens (primary N) is 1. The number of hydrogen-bond donors (Lipinski definition) is 5. The molecule has 3 aromatic heterocycles. The number of halogens is 1. The van der Waals surface area contributed by atoms with Crippen molar-refractivity contribution in [3.8, 4) is 0 Å². The number of hydrogen-bond acceptors (Lipinski definition) is 8. The van der Waals surface area contributed by atoms with Crippen molar-refractivity contribution in [2.75, 3.05) is 16.0 Å². The van der Waals surface area contributed by atoms with Crippen molar-refractivity contribution in [3.63, 3.8) is 0 Å². The van der Waals surface area contributed by atoms with Crippen molar-refractivity contribution in [2.24, 2.45) is 5.73 Å². The number of fused-ring (bicyclic) bond motifs is 1. The lowest BCUT2D eigenvalue weighted by atomic mass is 9.91. The molecule has 2 saturated carbocycles. The monoisotopic (exact) mass is 511 g/mol. The van der Waals surface area contributed by atoms with Crippen molar-refractivity contribution in [3.05, 3.63) is 41.4 Å². The summed E-state index contributed by atoms with van der Waals surface area (Å²) >= 11 is 5.95. The summed E-state index contributed by atoms with van der Waals surface area (Å²) in [4.78, 5) is 33.4. The summed E-state index contributed by atoms with van der Waals surface area (Å²) in [6, 6.07) is 5.43. The van der Waals surface area contributed by atoms with Crippen molar-refractivity contribution < 1.29 is 9.59 Å². The number of carbonyl (C=O) groups excluding carboxylic acids is 2. The van der Waals surface area contributed by atoms with Gasteiger partial charge in [-0.15, -0.1) is 5.10 Å². The van der Waals surface area contributed by atoms with Crippen LogP contribution in [0.5, 0.6) is 0 Å². The summed E-state index contributed by atoms with van der Waals surface area (Å²) in [5.41, 5.74) is 7.94. The lowest BCUT2D eigenvalue weighted by Gasteiger charge is -2.30. The SMILES string of the molecule is C[C@@H](N)C(=O)NC1CCC(Nc2cc(NC3CC3)c3ncc(C(=O)Nc4ccnc(Cl)c4)n3n2)CC1. The third kappa shape index (κ3) is 5.68. The van der Waals surface area contributed by atoms with Crippen molar-refractivity contribution >= 4 is 46.3 Å². The maximum Gasteiger partial charge on any atom is 0.276 e. The number of carbonyl (C=O) groups is 2. The molecule has 0 unspecified atom stereocenters. The standard InChI is InChI=1S/C24H30ClN9O2/c1-13(26)23(35)31-16-6-4-15(5-7-16)30-21-11-18(29-14-2-3-14)22-28-12-19(34(22)33-21)24(36)32-17-8-9-27-20(25)10-17/h8-16,29H,2-7,26H2,1H3,(H,30,33)(H,31,35)(H,27,32,36)/t13-,15?,16?/m1/s1.